The van der Waals surface area contributed by atoms with Crippen molar-refractivity contribution in [2.75, 3.05) is 31.6 Å². The Labute approximate surface area is 204 Å². The number of hydrogen-bond acceptors (Lipinski definition) is 6. The predicted octanol–water partition coefficient (Wildman–Crippen LogP) is 5.10. The minimum atomic E-state index is -0.0974. The average Bonchev–Trinajstić information content (AvgIpc) is 3.38. The summed E-state index contributed by atoms with van der Waals surface area (Å²) < 4.78 is 0. The topological polar surface area (TPSA) is 61.4 Å². The van der Waals surface area contributed by atoms with Crippen molar-refractivity contribution in [3.05, 3.63) is 83.5 Å². The van der Waals surface area contributed by atoms with Gasteiger partial charge in [0.15, 0.2) is 5.13 Å². The fourth-order valence-electron chi connectivity index (χ4n) is 4.54. The molecule has 0 unspecified atom stereocenters. The van der Waals surface area contributed by atoms with Gasteiger partial charge in [0.05, 0.1) is 5.52 Å². The summed E-state index contributed by atoms with van der Waals surface area (Å²) in [4.78, 5) is 26.4. The number of pyridine rings is 1. The third-order valence-corrected chi connectivity index (χ3v) is 7.28. The van der Waals surface area contributed by atoms with E-state index in [2.05, 4.69) is 38.4 Å². The number of benzene rings is 2. The molecule has 3 heterocycles. The second kappa shape index (κ2) is 10.3. The fourth-order valence-corrected chi connectivity index (χ4v) is 5.33. The van der Waals surface area contributed by atoms with Gasteiger partial charge in [-0.15, -0.1) is 11.3 Å². The van der Waals surface area contributed by atoms with Crippen LogP contribution >= 0.6 is 11.3 Å². The minimum Gasteiger partial charge on any atom is -0.350 e. The fraction of sp³-hybridized carbons (Fsp3) is 0.296. The Hall–Kier alpha value is -3.29. The zero-order chi connectivity index (χ0) is 23.3. The standard InChI is InChI=1S/C27H29N5OS/c1-31(23-10-3-2-4-11-23)27-30-25(19-34-27)26(33)29-15-20-8-7-13-32(17-20)18-21-14-22-9-5-6-12-24(22)28-16-21/h2-6,9-12,14,16,19-20H,7-8,13,15,17-18H2,1H3,(H,29,33)/t20-/m0/s1. The molecule has 1 aliphatic rings. The second-order valence-electron chi connectivity index (χ2n) is 8.90. The van der Waals surface area contributed by atoms with Crippen molar-refractivity contribution in [2.45, 2.75) is 19.4 Å². The minimum absolute atomic E-state index is 0.0974. The predicted molar refractivity (Wildman–Crippen MR) is 139 cm³/mol. The van der Waals surface area contributed by atoms with Gasteiger partial charge >= 0.3 is 0 Å². The van der Waals surface area contributed by atoms with E-state index in [0.717, 1.165) is 48.8 Å². The first-order valence-electron chi connectivity index (χ1n) is 11.7. The first-order chi connectivity index (χ1) is 16.7. The molecular formula is C27H29N5OS. The molecule has 0 saturated carbocycles. The van der Waals surface area contributed by atoms with Crippen LogP contribution < -0.4 is 10.2 Å². The van der Waals surface area contributed by atoms with E-state index in [1.165, 1.54) is 22.3 Å². The molecule has 2 aromatic carbocycles. The van der Waals surface area contributed by atoms with Gasteiger partial charge in [-0.2, -0.15) is 0 Å². The summed E-state index contributed by atoms with van der Waals surface area (Å²) >= 11 is 1.48. The quantitative estimate of drug-likeness (QED) is 0.406. The molecule has 0 spiro atoms. The van der Waals surface area contributed by atoms with Gasteiger partial charge in [-0.25, -0.2) is 4.98 Å². The largest absolute Gasteiger partial charge is 0.350 e. The van der Waals surface area contributed by atoms with Gasteiger partial charge in [0.25, 0.3) is 5.91 Å². The molecule has 34 heavy (non-hydrogen) atoms. The van der Waals surface area contributed by atoms with Crippen LogP contribution in [0.3, 0.4) is 0 Å². The van der Waals surface area contributed by atoms with Crippen LogP contribution in [0.15, 0.2) is 72.2 Å². The van der Waals surface area contributed by atoms with Gasteiger partial charge in [-0.3, -0.25) is 14.7 Å². The highest BCUT2D eigenvalue weighted by Crippen LogP contribution is 2.27. The van der Waals surface area contributed by atoms with Crippen LogP contribution in [0, 0.1) is 5.92 Å². The number of carbonyl (C=O) groups is 1. The molecule has 1 atom stereocenters. The number of carbonyl (C=O) groups excluding carboxylic acids is 1. The summed E-state index contributed by atoms with van der Waals surface area (Å²) in [5.41, 5.74) is 3.80. The molecular weight excluding hydrogens is 442 g/mol. The molecule has 174 valence electrons. The summed E-state index contributed by atoms with van der Waals surface area (Å²) in [5, 5.41) is 6.95. The summed E-state index contributed by atoms with van der Waals surface area (Å²) in [7, 11) is 1.97. The molecule has 4 aromatic rings. The van der Waals surface area contributed by atoms with Crippen LogP contribution in [-0.2, 0) is 6.54 Å². The lowest BCUT2D eigenvalue weighted by Crippen LogP contribution is -2.40. The molecule has 6 nitrogen and oxygen atoms in total. The number of likely N-dealkylation sites (tertiary alicyclic amines) is 1. The van der Waals surface area contributed by atoms with Crippen molar-refractivity contribution in [1.29, 1.82) is 0 Å². The number of anilines is 2. The Bertz CT molecular complexity index is 1260. The summed E-state index contributed by atoms with van der Waals surface area (Å²) in [6, 6.07) is 20.5. The highest BCUT2D eigenvalue weighted by atomic mass is 32.1. The maximum absolute atomic E-state index is 12.7. The van der Waals surface area contributed by atoms with Gasteiger partial charge in [0.1, 0.15) is 5.69 Å². The van der Waals surface area contributed by atoms with E-state index in [1.54, 1.807) is 0 Å². The van der Waals surface area contributed by atoms with E-state index in [4.69, 9.17) is 0 Å². The monoisotopic (exact) mass is 471 g/mol. The number of fused-ring (bicyclic) bond motifs is 1. The lowest BCUT2D eigenvalue weighted by molar-refractivity contribution is 0.0926. The smallest absolute Gasteiger partial charge is 0.270 e. The Kier molecular flexibility index (Phi) is 6.83. The van der Waals surface area contributed by atoms with Gasteiger partial charge in [0.2, 0.25) is 0 Å². The first-order valence-corrected chi connectivity index (χ1v) is 12.6. The third kappa shape index (κ3) is 5.26. The second-order valence-corrected chi connectivity index (χ2v) is 9.74. The summed E-state index contributed by atoms with van der Waals surface area (Å²) in [6.45, 7) is 3.63. The van der Waals surface area contributed by atoms with E-state index in [1.807, 2.05) is 66.0 Å². The Balaban J connectivity index is 1.14. The highest BCUT2D eigenvalue weighted by molar-refractivity contribution is 7.14. The van der Waals surface area contributed by atoms with E-state index >= 15 is 0 Å². The molecule has 1 fully saturated rings. The maximum Gasteiger partial charge on any atom is 0.270 e. The number of amides is 1. The van der Waals surface area contributed by atoms with E-state index in [9.17, 15) is 4.79 Å². The number of thiazole rings is 1. The SMILES string of the molecule is CN(c1ccccc1)c1nc(C(=O)NC[C@@H]2CCCN(Cc3cnc4ccccc4c3)C2)cs1. The van der Waals surface area contributed by atoms with Crippen molar-refractivity contribution >= 4 is 39.0 Å². The van der Waals surface area contributed by atoms with Crippen LogP contribution in [0.25, 0.3) is 10.9 Å². The molecule has 2 aromatic heterocycles. The van der Waals surface area contributed by atoms with E-state index in [-0.39, 0.29) is 5.91 Å². The number of para-hydroxylation sites is 2. The highest BCUT2D eigenvalue weighted by Gasteiger charge is 2.22. The Morgan fingerprint density at radius 3 is 2.88 bits per heavy atom. The number of aromatic nitrogens is 2. The first kappa shape index (κ1) is 22.5. The Morgan fingerprint density at radius 2 is 2.00 bits per heavy atom. The molecule has 1 aliphatic heterocycles. The van der Waals surface area contributed by atoms with Gasteiger partial charge in [-0.05, 0) is 55.1 Å². The number of nitrogens with one attached hydrogen (secondary N) is 1. The lowest BCUT2D eigenvalue weighted by atomic mass is 9.97. The third-order valence-electron chi connectivity index (χ3n) is 6.36. The van der Waals surface area contributed by atoms with E-state index < -0.39 is 0 Å². The molecule has 1 saturated heterocycles. The van der Waals surface area contributed by atoms with Crippen molar-refractivity contribution in [1.82, 2.24) is 20.2 Å². The number of nitrogens with zero attached hydrogens (tertiary/aromatic N) is 4. The lowest BCUT2D eigenvalue weighted by Gasteiger charge is -2.32. The zero-order valence-corrected chi connectivity index (χ0v) is 20.2. The van der Waals surface area contributed by atoms with Crippen LogP contribution in [0.2, 0.25) is 0 Å². The van der Waals surface area contributed by atoms with Gasteiger partial charge < -0.3 is 10.2 Å². The molecule has 0 bridgehead atoms. The molecule has 1 amide bonds. The normalized spacial score (nSPS) is 16.4. The van der Waals surface area contributed by atoms with Crippen molar-refractivity contribution < 1.29 is 4.79 Å². The van der Waals surface area contributed by atoms with Crippen molar-refractivity contribution in [3.63, 3.8) is 0 Å². The average molecular weight is 472 g/mol. The number of rotatable bonds is 7. The van der Waals surface area contributed by atoms with Crippen LogP contribution in [0.5, 0.6) is 0 Å². The van der Waals surface area contributed by atoms with Gasteiger partial charge in [-0.1, -0.05) is 36.4 Å². The van der Waals surface area contributed by atoms with Gasteiger partial charge in [0, 0.05) is 49.3 Å². The molecule has 0 radical (unpaired) electrons. The van der Waals surface area contributed by atoms with E-state index in [0.29, 0.717) is 18.2 Å². The molecule has 5 rings (SSSR count). The summed E-state index contributed by atoms with van der Waals surface area (Å²) in [5.74, 6) is 0.344. The summed E-state index contributed by atoms with van der Waals surface area (Å²) in [6.07, 6.45) is 4.26. The van der Waals surface area contributed by atoms with Crippen molar-refractivity contribution in [2.24, 2.45) is 5.92 Å². The molecule has 0 aliphatic carbocycles. The van der Waals surface area contributed by atoms with Crippen molar-refractivity contribution in [3.8, 4) is 0 Å². The molecule has 7 heteroatoms. The molecule has 1 N–H and O–H groups in total. The van der Waals surface area contributed by atoms with Crippen LogP contribution in [-0.4, -0.2) is 47.5 Å². The number of piperidine rings is 1. The van der Waals surface area contributed by atoms with Crippen LogP contribution in [0.1, 0.15) is 28.9 Å². The zero-order valence-electron chi connectivity index (χ0n) is 19.4. The number of hydrogen-bond donors (Lipinski definition) is 1. The maximum atomic E-state index is 12.7. The Morgan fingerprint density at radius 1 is 1.18 bits per heavy atom. The van der Waals surface area contributed by atoms with Crippen LogP contribution in [0.4, 0.5) is 10.8 Å².